The van der Waals surface area contributed by atoms with Crippen LogP contribution in [-0.4, -0.2) is 6.54 Å². The van der Waals surface area contributed by atoms with Gasteiger partial charge in [-0.25, -0.2) is 4.39 Å². The van der Waals surface area contributed by atoms with Gasteiger partial charge in [0, 0.05) is 0 Å². The maximum Gasteiger partial charge on any atom is 0.146 e. The number of benzene rings is 1. The zero-order valence-electron chi connectivity index (χ0n) is 11.5. The van der Waals surface area contributed by atoms with E-state index in [4.69, 9.17) is 9.15 Å². The third-order valence-electron chi connectivity index (χ3n) is 2.88. The van der Waals surface area contributed by atoms with Crippen molar-refractivity contribution in [2.45, 2.75) is 27.0 Å². The van der Waals surface area contributed by atoms with Gasteiger partial charge in [-0.2, -0.15) is 0 Å². The molecule has 1 aromatic carbocycles. The van der Waals surface area contributed by atoms with Gasteiger partial charge in [-0.3, -0.25) is 0 Å². The molecule has 1 aromatic heterocycles. The Morgan fingerprint density at radius 2 is 2.15 bits per heavy atom. The van der Waals surface area contributed by atoms with E-state index in [0.717, 1.165) is 23.6 Å². The van der Waals surface area contributed by atoms with Gasteiger partial charge >= 0.3 is 0 Å². The minimum Gasteiger partial charge on any atom is -0.486 e. The van der Waals surface area contributed by atoms with Crippen LogP contribution in [0.1, 0.15) is 24.0 Å². The van der Waals surface area contributed by atoms with Crippen LogP contribution in [0.2, 0.25) is 0 Å². The van der Waals surface area contributed by atoms with Gasteiger partial charge in [-0.1, -0.05) is 6.92 Å². The number of hydrogen-bond donors (Lipinski definition) is 1. The molecule has 0 saturated carbocycles. The fourth-order valence-corrected chi connectivity index (χ4v) is 2.15. The van der Waals surface area contributed by atoms with E-state index in [1.54, 1.807) is 12.1 Å². The lowest BCUT2D eigenvalue weighted by Crippen LogP contribution is -2.11. The third-order valence-corrected chi connectivity index (χ3v) is 3.49. The second-order valence-electron chi connectivity index (χ2n) is 4.46. The predicted molar refractivity (Wildman–Crippen MR) is 79.3 cm³/mol. The van der Waals surface area contributed by atoms with Gasteiger partial charge in [-0.05, 0) is 59.2 Å². The third kappa shape index (κ3) is 3.84. The summed E-state index contributed by atoms with van der Waals surface area (Å²) in [5, 5.41) is 3.22. The van der Waals surface area contributed by atoms with E-state index >= 15 is 0 Å². The molecule has 0 aliphatic carbocycles. The highest BCUT2D eigenvalue weighted by Gasteiger charge is 2.08. The van der Waals surface area contributed by atoms with Crippen LogP contribution in [0.4, 0.5) is 4.39 Å². The van der Waals surface area contributed by atoms with Crippen molar-refractivity contribution < 1.29 is 13.5 Å². The average Bonchev–Trinajstić information content (AvgIpc) is 2.78. The van der Waals surface area contributed by atoms with Gasteiger partial charge in [0.2, 0.25) is 0 Å². The summed E-state index contributed by atoms with van der Waals surface area (Å²) in [6.07, 6.45) is 0. The number of furan rings is 1. The fourth-order valence-electron chi connectivity index (χ4n) is 1.80. The Hall–Kier alpha value is -1.33. The highest BCUT2D eigenvalue weighted by molar-refractivity contribution is 9.10. The maximum atomic E-state index is 13.1. The van der Waals surface area contributed by atoms with Gasteiger partial charge in [0.25, 0.3) is 0 Å². The quantitative estimate of drug-likeness (QED) is 0.855. The lowest BCUT2D eigenvalue weighted by molar-refractivity contribution is 0.264. The topological polar surface area (TPSA) is 34.4 Å². The minimum absolute atomic E-state index is 0.306. The van der Waals surface area contributed by atoms with E-state index < -0.39 is 0 Å². The molecule has 0 radical (unpaired) electrons. The Balaban J connectivity index is 1.98. The number of rotatable bonds is 6. The molecule has 3 nitrogen and oxygen atoms in total. The van der Waals surface area contributed by atoms with Crippen LogP contribution in [-0.2, 0) is 13.2 Å². The van der Waals surface area contributed by atoms with Crippen molar-refractivity contribution in [1.82, 2.24) is 5.32 Å². The molecule has 1 heterocycles. The first-order valence-corrected chi connectivity index (χ1v) is 7.26. The molecular weight excluding hydrogens is 325 g/mol. The van der Waals surface area contributed by atoms with Crippen LogP contribution in [0.15, 0.2) is 33.2 Å². The second-order valence-corrected chi connectivity index (χ2v) is 5.32. The Bertz CT molecular complexity index is 583. The van der Waals surface area contributed by atoms with E-state index in [-0.39, 0.29) is 5.82 Å². The van der Waals surface area contributed by atoms with E-state index in [2.05, 4.69) is 28.2 Å². The smallest absolute Gasteiger partial charge is 0.146 e. The summed E-state index contributed by atoms with van der Waals surface area (Å²) in [7, 11) is 0. The highest BCUT2D eigenvalue weighted by atomic mass is 79.9. The van der Waals surface area contributed by atoms with E-state index in [1.165, 1.54) is 6.07 Å². The van der Waals surface area contributed by atoms with Gasteiger partial charge in [-0.15, -0.1) is 0 Å². The standard InChI is InChI=1S/C15H17BrFNO2/c1-3-18-8-15-10(2)6-12(20-15)9-19-11-4-5-14(17)13(16)7-11/h4-7,18H,3,8-9H2,1-2H3. The van der Waals surface area contributed by atoms with E-state index in [9.17, 15) is 4.39 Å². The summed E-state index contributed by atoms with van der Waals surface area (Å²) in [6, 6.07) is 6.52. The van der Waals surface area contributed by atoms with Crippen molar-refractivity contribution in [3.8, 4) is 5.75 Å². The Kier molecular flexibility index (Phi) is 5.20. The van der Waals surface area contributed by atoms with Crippen LogP contribution >= 0.6 is 15.9 Å². The molecule has 0 saturated heterocycles. The molecule has 1 N–H and O–H groups in total. The lowest BCUT2D eigenvalue weighted by atomic mass is 10.2. The van der Waals surface area contributed by atoms with E-state index in [1.807, 2.05) is 13.0 Å². The molecule has 108 valence electrons. The summed E-state index contributed by atoms with van der Waals surface area (Å²) in [5.74, 6) is 1.97. The lowest BCUT2D eigenvalue weighted by Gasteiger charge is -2.05. The molecule has 0 atom stereocenters. The molecule has 20 heavy (non-hydrogen) atoms. The number of ether oxygens (including phenoxy) is 1. The second kappa shape index (κ2) is 6.90. The molecule has 0 fully saturated rings. The largest absolute Gasteiger partial charge is 0.486 e. The molecule has 5 heteroatoms. The summed E-state index contributed by atoms with van der Waals surface area (Å²) in [4.78, 5) is 0. The van der Waals surface area contributed by atoms with Crippen LogP contribution in [0.25, 0.3) is 0 Å². The zero-order chi connectivity index (χ0) is 14.5. The maximum absolute atomic E-state index is 13.1. The zero-order valence-corrected chi connectivity index (χ0v) is 13.1. The predicted octanol–water partition coefficient (Wildman–Crippen LogP) is 4.18. The van der Waals surface area contributed by atoms with Crippen LogP contribution in [0.3, 0.4) is 0 Å². The highest BCUT2D eigenvalue weighted by Crippen LogP contribution is 2.23. The summed E-state index contributed by atoms with van der Waals surface area (Å²) < 4.78 is 24.8. The van der Waals surface area contributed by atoms with Crippen molar-refractivity contribution in [1.29, 1.82) is 0 Å². The molecule has 0 spiro atoms. The SMILES string of the molecule is CCNCc1oc(COc2ccc(F)c(Br)c2)cc1C. The van der Waals surface area contributed by atoms with Gasteiger partial charge in [0.05, 0.1) is 11.0 Å². The van der Waals surface area contributed by atoms with Crippen molar-refractivity contribution >= 4 is 15.9 Å². The number of halogens is 2. The van der Waals surface area contributed by atoms with Crippen molar-refractivity contribution in [3.63, 3.8) is 0 Å². The molecule has 0 amide bonds. The van der Waals surface area contributed by atoms with Crippen LogP contribution in [0, 0.1) is 12.7 Å². The van der Waals surface area contributed by atoms with Crippen molar-refractivity contribution in [2.75, 3.05) is 6.54 Å². The normalized spacial score (nSPS) is 10.8. The van der Waals surface area contributed by atoms with E-state index in [0.29, 0.717) is 23.4 Å². The molecule has 0 unspecified atom stereocenters. The summed E-state index contributed by atoms with van der Waals surface area (Å²) >= 11 is 3.13. The van der Waals surface area contributed by atoms with Crippen LogP contribution in [0.5, 0.6) is 5.75 Å². The minimum atomic E-state index is -0.306. The Labute approximate surface area is 126 Å². The number of hydrogen-bond acceptors (Lipinski definition) is 3. The van der Waals surface area contributed by atoms with Crippen molar-refractivity contribution in [3.05, 3.63) is 51.6 Å². The Morgan fingerprint density at radius 1 is 1.35 bits per heavy atom. The average molecular weight is 342 g/mol. The van der Waals surface area contributed by atoms with Crippen LogP contribution < -0.4 is 10.1 Å². The first-order chi connectivity index (χ1) is 9.60. The molecule has 0 aliphatic heterocycles. The molecule has 2 aromatic rings. The van der Waals surface area contributed by atoms with Crippen molar-refractivity contribution in [2.24, 2.45) is 0 Å². The molecule has 2 rings (SSSR count). The first-order valence-electron chi connectivity index (χ1n) is 6.47. The summed E-state index contributed by atoms with van der Waals surface area (Å²) in [6.45, 7) is 5.99. The monoisotopic (exact) mass is 341 g/mol. The molecule has 0 bridgehead atoms. The summed E-state index contributed by atoms with van der Waals surface area (Å²) in [5.41, 5.74) is 1.10. The van der Waals surface area contributed by atoms with Gasteiger partial charge < -0.3 is 14.5 Å². The number of nitrogens with one attached hydrogen (secondary N) is 1. The molecule has 0 aliphatic rings. The first kappa shape index (κ1) is 15.1. The van der Waals surface area contributed by atoms with Gasteiger partial charge in [0.1, 0.15) is 29.7 Å². The van der Waals surface area contributed by atoms with Gasteiger partial charge in [0.15, 0.2) is 0 Å². The Morgan fingerprint density at radius 3 is 2.85 bits per heavy atom. The number of aryl methyl sites for hydroxylation is 1. The fraction of sp³-hybridized carbons (Fsp3) is 0.333. The molecular formula is C15H17BrFNO2.